The fourth-order valence-electron chi connectivity index (χ4n) is 3.12. The van der Waals surface area contributed by atoms with Crippen LogP contribution in [-0.2, 0) is 20.9 Å². The van der Waals surface area contributed by atoms with E-state index in [2.05, 4.69) is 10.6 Å². The van der Waals surface area contributed by atoms with E-state index in [4.69, 9.17) is 14.2 Å². The van der Waals surface area contributed by atoms with Gasteiger partial charge in [0.15, 0.2) is 0 Å². The Morgan fingerprint density at radius 2 is 1.89 bits per heavy atom. The van der Waals surface area contributed by atoms with E-state index in [0.717, 1.165) is 23.4 Å². The minimum Gasteiger partial charge on any atom is -0.497 e. The third kappa shape index (κ3) is 5.70. The molecular formula is C21H26N2O4. The maximum atomic E-state index is 12.1. The van der Waals surface area contributed by atoms with Crippen molar-refractivity contribution in [3.63, 3.8) is 0 Å². The SMILES string of the molecule is COc1ccc(N[C@H](COCOCc2ccccc2)[C@@H]2CCNC2=O)cc1. The Balaban J connectivity index is 1.51. The number of carbonyl (C=O) groups is 1. The smallest absolute Gasteiger partial charge is 0.225 e. The lowest BCUT2D eigenvalue weighted by atomic mass is 9.98. The summed E-state index contributed by atoms with van der Waals surface area (Å²) in [5.41, 5.74) is 2.03. The molecule has 0 unspecified atom stereocenters. The molecule has 1 heterocycles. The lowest BCUT2D eigenvalue weighted by molar-refractivity contribution is -0.124. The van der Waals surface area contributed by atoms with Crippen molar-refractivity contribution >= 4 is 11.6 Å². The first kappa shape index (κ1) is 19.2. The number of rotatable bonds is 10. The molecule has 0 radical (unpaired) electrons. The summed E-state index contributed by atoms with van der Waals surface area (Å²) in [7, 11) is 1.64. The Kier molecular flexibility index (Phi) is 7.07. The molecule has 2 N–H and O–H groups in total. The molecule has 1 aliphatic rings. The molecule has 6 nitrogen and oxygen atoms in total. The minimum atomic E-state index is -0.124. The van der Waals surface area contributed by atoms with Crippen LogP contribution in [0.4, 0.5) is 5.69 Å². The number of hydrogen-bond acceptors (Lipinski definition) is 5. The van der Waals surface area contributed by atoms with Crippen molar-refractivity contribution in [2.45, 2.75) is 19.1 Å². The summed E-state index contributed by atoms with van der Waals surface area (Å²) in [6.45, 7) is 1.78. The Morgan fingerprint density at radius 3 is 2.56 bits per heavy atom. The fourth-order valence-corrected chi connectivity index (χ4v) is 3.12. The minimum absolute atomic E-state index is 0.0646. The summed E-state index contributed by atoms with van der Waals surface area (Å²) in [5.74, 6) is 0.734. The van der Waals surface area contributed by atoms with Crippen LogP contribution in [0.2, 0.25) is 0 Å². The lowest BCUT2D eigenvalue weighted by Gasteiger charge is -2.24. The standard InChI is InChI=1S/C21H26N2O4/c1-25-18-9-7-17(8-10-18)23-20(19-11-12-22-21(19)24)14-27-15-26-13-16-5-3-2-4-6-16/h2-10,19-20,23H,11-15H2,1H3,(H,22,24)/t19-,20+/m0/s1. The van der Waals surface area contributed by atoms with Crippen molar-refractivity contribution in [2.24, 2.45) is 5.92 Å². The highest BCUT2D eigenvalue weighted by Gasteiger charge is 2.32. The molecule has 0 saturated carbocycles. The number of benzene rings is 2. The first-order chi connectivity index (χ1) is 13.3. The van der Waals surface area contributed by atoms with Gasteiger partial charge in [-0.3, -0.25) is 4.79 Å². The van der Waals surface area contributed by atoms with Crippen molar-refractivity contribution < 1.29 is 19.0 Å². The quantitative estimate of drug-likeness (QED) is 0.497. The van der Waals surface area contributed by atoms with Crippen LogP contribution in [0.25, 0.3) is 0 Å². The third-order valence-corrected chi connectivity index (χ3v) is 4.59. The van der Waals surface area contributed by atoms with Gasteiger partial charge in [0, 0.05) is 12.2 Å². The highest BCUT2D eigenvalue weighted by atomic mass is 16.7. The normalized spacial score (nSPS) is 17.4. The Bertz CT molecular complexity index is 706. The molecule has 0 aromatic heterocycles. The van der Waals surface area contributed by atoms with Crippen molar-refractivity contribution in [1.82, 2.24) is 5.32 Å². The van der Waals surface area contributed by atoms with Crippen LogP contribution in [0, 0.1) is 5.92 Å². The molecule has 3 rings (SSSR count). The van der Waals surface area contributed by atoms with E-state index in [1.54, 1.807) is 7.11 Å². The number of hydrogen-bond donors (Lipinski definition) is 2. The second-order valence-corrected chi connectivity index (χ2v) is 6.49. The van der Waals surface area contributed by atoms with Gasteiger partial charge in [-0.15, -0.1) is 0 Å². The first-order valence-corrected chi connectivity index (χ1v) is 9.14. The average Bonchev–Trinajstić information content (AvgIpc) is 3.14. The second-order valence-electron chi connectivity index (χ2n) is 6.49. The summed E-state index contributed by atoms with van der Waals surface area (Å²) < 4.78 is 16.5. The summed E-state index contributed by atoms with van der Waals surface area (Å²) in [4.78, 5) is 12.1. The van der Waals surface area contributed by atoms with Crippen molar-refractivity contribution in [2.75, 3.05) is 32.4 Å². The van der Waals surface area contributed by atoms with Gasteiger partial charge in [-0.1, -0.05) is 30.3 Å². The number of anilines is 1. The number of ether oxygens (including phenoxy) is 3. The molecule has 1 saturated heterocycles. The monoisotopic (exact) mass is 370 g/mol. The van der Waals surface area contributed by atoms with Crippen LogP contribution >= 0.6 is 0 Å². The van der Waals surface area contributed by atoms with Gasteiger partial charge in [-0.2, -0.15) is 0 Å². The van der Waals surface area contributed by atoms with E-state index in [0.29, 0.717) is 19.8 Å². The van der Waals surface area contributed by atoms with E-state index in [-0.39, 0.29) is 24.7 Å². The highest BCUT2D eigenvalue weighted by molar-refractivity contribution is 5.81. The van der Waals surface area contributed by atoms with Crippen molar-refractivity contribution in [3.8, 4) is 5.75 Å². The molecule has 0 bridgehead atoms. The fraction of sp³-hybridized carbons (Fsp3) is 0.381. The number of nitrogens with one attached hydrogen (secondary N) is 2. The van der Waals surface area contributed by atoms with Gasteiger partial charge in [-0.05, 0) is 36.2 Å². The topological polar surface area (TPSA) is 68.8 Å². The van der Waals surface area contributed by atoms with Gasteiger partial charge in [0.25, 0.3) is 0 Å². The molecule has 2 aromatic carbocycles. The second kappa shape index (κ2) is 9.94. The van der Waals surface area contributed by atoms with E-state index in [9.17, 15) is 4.79 Å². The van der Waals surface area contributed by atoms with E-state index in [1.807, 2.05) is 54.6 Å². The van der Waals surface area contributed by atoms with Crippen LogP contribution in [-0.4, -0.2) is 39.0 Å². The van der Waals surface area contributed by atoms with E-state index >= 15 is 0 Å². The van der Waals surface area contributed by atoms with E-state index < -0.39 is 0 Å². The molecule has 1 fully saturated rings. The van der Waals surface area contributed by atoms with Gasteiger partial charge in [0.1, 0.15) is 12.5 Å². The zero-order chi connectivity index (χ0) is 18.9. The maximum Gasteiger partial charge on any atom is 0.225 e. The Morgan fingerprint density at radius 1 is 1.11 bits per heavy atom. The summed E-state index contributed by atoms with van der Waals surface area (Å²) in [6, 6.07) is 17.5. The van der Waals surface area contributed by atoms with Crippen LogP contribution in [0.1, 0.15) is 12.0 Å². The largest absolute Gasteiger partial charge is 0.497 e. The van der Waals surface area contributed by atoms with Gasteiger partial charge in [0.2, 0.25) is 5.91 Å². The molecular weight excluding hydrogens is 344 g/mol. The predicted molar refractivity (Wildman–Crippen MR) is 104 cm³/mol. The molecule has 1 amide bonds. The van der Waals surface area contributed by atoms with Gasteiger partial charge in [0.05, 0.1) is 32.3 Å². The van der Waals surface area contributed by atoms with Crippen LogP contribution in [0.15, 0.2) is 54.6 Å². The zero-order valence-corrected chi connectivity index (χ0v) is 15.5. The third-order valence-electron chi connectivity index (χ3n) is 4.59. The summed E-state index contributed by atoms with van der Waals surface area (Å²) in [5, 5.41) is 6.31. The predicted octanol–water partition coefficient (Wildman–Crippen LogP) is 2.80. The molecule has 2 atom stereocenters. The van der Waals surface area contributed by atoms with Crippen LogP contribution in [0.5, 0.6) is 5.75 Å². The molecule has 0 spiro atoms. The molecule has 0 aliphatic carbocycles. The van der Waals surface area contributed by atoms with Crippen LogP contribution in [0.3, 0.4) is 0 Å². The average molecular weight is 370 g/mol. The van der Waals surface area contributed by atoms with Gasteiger partial charge < -0.3 is 24.8 Å². The highest BCUT2D eigenvalue weighted by Crippen LogP contribution is 2.21. The van der Waals surface area contributed by atoms with Crippen molar-refractivity contribution in [1.29, 1.82) is 0 Å². The summed E-state index contributed by atoms with van der Waals surface area (Å²) in [6.07, 6.45) is 0.793. The number of carbonyl (C=O) groups excluding carboxylic acids is 1. The number of amides is 1. The number of methoxy groups -OCH3 is 1. The lowest BCUT2D eigenvalue weighted by Crippen LogP contribution is -2.38. The van der Waals surface area contributed by atoms with Crippen molar-refractivity contribution in [3.05, 3.63) is 60.2 Å². The maximum absolute atomic E-state index is 12.1. The van der Waals surface area contributed by atoms with Gasteiger partial charge in [-0.25, -0.2) is 0 Å². The summed E-state index contributed by atoms with van der Waals surface area (Å²) >= 11 is 0. The molecule has 6 heteroatoms. The Labute approximate surface area is 159 Å². The first-order valence-electron chi connectivity index (χ1n) is 9.14. The molecule has 2 aromatic rings. The van der Waals surface area contributed by atoms with Gasteiger partial charge >= 0.3 is 0 Å². The molecule has 27 heavy (non-hydrogen) atoms. The van der Waals surface area contributed by atoms with Crippen LogP contribution < -0.4 is 15.4 Å². The van der Waals surface area contributed by atoms with E-state index in [1.165, 1.54) is 0 Å². The Hall–Kier alpha value is -2.57. The zero-order valence-electron chi connectivity index (χ0n) is 15.5. The molecule has 144 valence electrons. The molecule has 1 aliphatic heterocycles.